The van der Waals surface area contributed by atoms with Crippen molar-refractivity contribution in [2.24, 2.45) is 0 Å². The summed E-state index contributed by atoms with van der Waals surface area (Å²) in [6.45, 7) is 1.07. The third-order valence-electron chi connectivity index (χ3n) is 4.55. The topological polar surface area (TPSA) is 71.2 Å². The van der Waals surface area contributed by atoms with Crippen molar-refractivity contribution in [1.82, 2.24) is 14.5 Å². The molecule has 0 saturated carbocycles. The summed E-state index contributed by atoms with van der Waals surface area (Å²) in [5, 5.41) is 8.10. The summed E-state index contributed by atoms with van der Waals surface area (Å²) >= 11 is 0. The molecule has 0 atom stereocenters. The number of nitrogens with zero attached hydrogens (tertiary/aromatic N) is 3. The van der Waals surface area contributed by atoms with Crippen LogP contribution in [-0.2, 0) is 17.9 Å². The van der Waals surface area contributed by atoms with E-state index in [1.54, 1.807) is 25.3 Å². The lowest BCUT2D eigenvalue weighted by molar-refractivity contribution is -0.130. The number of aromatic nitrogens is 2. The highest BCUT2D eigenvalue weighted by Crippen LogP contribution is 2.20. The van der Waals surface area contributed by atoms with Crippen LogP contribution in [-0.4, -0.2) is 40.2 Å². The molecule has 0 fully saturated rings. The number of benzene rings is 1. The molecule has 0 saturated heterocycles. The first-order valence-electron chi connectivity index (χ1n) is 8.91. The lowest BCUT2D eigenvalue weighted by Crippen LogP contribution is -2.27. The Morgan fingerprint density at radius 1 is 1.41 bits per heavy atom. The van der Waals surface area contributed by atoms with Gasteiger partial charge in [-0.05, 0) is 23.8 Å². The Bertz CT molecular complexity index is 895. The van der Waals surface area contributed by atoms with E-state index < -0.39 is 0 Å². The van der Waals surface area contributed by atoms with E-state index in [-0.39, 0.29) is 5.91 Å². The molecule has 140 valence electrons. The van der Waals surface area contributed by atoms with Gasteiger partial charge in [0, 0.05) is 56.7 Å². The molecule has 1 N–H and O–H groups in total. The standard InChI is InChI=1S/C21H24N4O2/c1-24(15-16-6-5-7-17(14-16)27-2)20(26)10-12-25-13-11-23-21(25)18-8-3-4-9-19(18)22/h3-8,11,13-14,22H,9-10,12,15H2,1-2H3. The molecule has 0 radical (unpaired) electrons. The van der Waals surface area contributed by atoms with Gasteiger partial charge in [-0.25, -0.2) is 4.98 Å². The third-order valence-corrected chi connectivity index (χ3v) is 4.55. The number of nitrogens with one attached hydrogen (secondary N) is 1. The molecule has 0 bridgehead atoms. The summed E-state index contributed by atoms with van der Waals surface area (Å²) in [7, 11) is 3.44. The second-order valence-electron chi connectivity index (χ2n) is 6.49. The first kappa shape index (κ1) is 18.6. The van der Waals surface area contributed by atoms with Gasteiger partial charge in [-0.15, -0.1) is 0 Å². The number of rotatable bonds is 7. The second-order valence-corrected chi connectivity index (χ2v) is 6.49. The van der Waals surface area contributed by atoms with Crippen LogP contribution in [0.25, 0.3) is 5.57 Å². The predicted molar refractivity (Wildman–Crippen MR) is 106 cm³/mol. The minimum atomic E-state index is 0.0602. The number of amides is 1. The number of ether oxygens (including phenoxy) is 1. The Kier molecular flexibility index (Phi) is 5.86. The van der Waals surface area contributed by atoms with Gasteiger partial charge in [0.1, 0.15) is 11.6 Å². The molecule has 1 aromatic carbocycles. The van der Waals surface area contributed by atoms with Crippen molar-refractivity contribution in [1.29, 1.82) is 5.41 Å². The fourth-order valence-corrected chi connectivity index (χ4v) is 3.04. The normalized spacial score (nSPS) is 13.4. The zero-order valence-electron chi connectivity index (χ0n) is 15.7. The van der Waals surface area contributed by atoms with Gasteiger partial charge in [-0.3, -0.25) is 4.79 Å². The van der Waals surface area contributed by atoms with Crippen LogP contribution in [0.15, 0.2) is 54.9 Å². The lowest BCUT2D eigenvalue weighted by Gasteiger charge is -2.18. The van der Waals surface area contributed by atoms with Gasteiger partial charge in [0.25, 0.3) is 0 Å². The maximum atomic E-state index is 12.5. The average Bonchev–Trinajstić information content (AvgIpc) is 3.15. The van der Waals surface area contributed by atoms with Crippen LogP contribution in [0, 0.1) is 5.41 Å². The Hall–Kier alpha value is -3.15. The first-order chi connectivity index (χ1) is 13.1. The van der Waals surface area contributed by atoms with Gasteiger partial charge in [-0.1, -0.05) is 24.3 Å². The largest absolute Gasteiger partial charge is 0.497 e. The van der Waals surface area contributed by atoms with Gasteiger partial charge in [-0.2, -0.15) is 0 Å². The SMILES string of the molecule is COc1cccc(CN(C)C(=O)CCn2ccnc2C2=CC=CCC2=N)c1. The molecule has 1 aliphatic carbocycles. The molecule has 1 amide bonds. The maximum absolute atomic E-state index is 12.5. The van der Waals surface area contributed by atoms with Crippen LogP contribution in [0.3, 0.4) is 0 Å². The highest BCUT2D eigenvalue weighted by atomic mass is 16.5. The summed E-state index contributed by atoms with van der Waals surface area (Å²) in [6, 6.07) is 7.73. The van der Waals surface area contributed by atoms with E-state index >= 15 is 0 Å². The van der Waals surface area contributed by atoms with E-state index in [4.69, 9.17) is 10.1 Å². The number of carbonyl (C=O) groups excluding carboxylic acids is 1. The summed E-state index contributed by atoms with van der Waals surface area (Å²) in [4.78, 5) is 18.6. The fourth-order valence-electron chi connectivity index (χ4n) is 3.04. The number of imidazole rings is 1. The Labute approximate surface area is 159 Å². The van der Waals surface area contributed by atoms with Crippen molar-refractivity contribution in [3.8, 4) is 5.75 Å². The van der Waals surface area contributed by atoms with E-state index in [2.05, 4.69) is 4.98 Å². The van der Waals surface area contributed by atoms with Crippen molar-refractivity contribution in [2.45, 2.75) is 25.9 Å². The van der Waals surface area contributed by atoms with Crippen molar-refractivity contribution in [2.75, 3.05) is 14.2 Å². The smallest absolute Gasteiger partial charge is 0.224 e. The van der Waals surface area contributed by atoms with Gasteiger partial charge in [0.2, 0.25) is 5.91 Å². The molecule has 3 rings (SSSR count). The minimum absolute atomic E-state index is 0.0602. The average molecular weight is 364 g/mol. The van der Waals surface area contributed by atoms with Gasteiger partial charge in [0.05, 0.1) is 7.11 Å². The maximum Gasteiger partial charge on any atom is 0.224 e. The zero-order valence-corrected chi connectivity index (χ0v) is 15.7. The van der Waals surface area contributed by atoms with Crippen LogP contribution in [0.5, 0.6) is 5.75 Å². The molecule has 0 aliphatic heterocycles. The molecule has 27 heavy (non-hydrogen) atoms. The van der Waals surface area contributed by atoms with E-state index in [1.165, 1.54) is 0 Å². The molecule has 2 aromatic rings. The van der Waals surface area contributed by atoms with Gasteiger partial charge in [0.15, 0.2) is 0 Å². The monoisotopic (exact) mass is 364 g/mol. The molecule has 1 aromatic heterocycles. The van der Waals surface area contributed by atoms with Gasteiger partial charge < -0.3 is 19.6 Å². The van der Waals surface area contributed by atoms with Crippen LogP contribution < -0.4 is 4.74 Å². The zero-order chi connectivity index (χ0) is 19.2. The number of allylic oxidation sites excluding steroid dienone is 4. The van der Waals surface area contributed by atoms with E-state index in [0.29, 0.717) is 31.6 Å². The van der Waals surface area contributed by atoms with Crippen LogP contribution in [0.1, 0.15) is 24.2 Å². The highest BCUT2D eigenvalue weighted by Gasteiger charge is 2.16. The fraction of sp³-hybridized carbons (Fsp3) is 0.286. The van der Waals surface area contributed by atoms with Crippen molar-refractivity contribution < 1.29 is 9.53 Å². The molecule has 1 aliphatic rings. The number of methoxy groups -OCH3 is 1. The Balaban J connectivity index is 1.61. The van der Waals surface area contributed by atoms with Crippen molar-refractivity contribution in [3.05, 3.63) is 66.3 Å². The van der Waals surface area contributed by atoms with Crippen molar-refractivity contribution in [3.63, 3.8) is 0 Å². The second kappa shape index (κ2) is 8.49. The van der Waals surface area contributed by atoms with Crippen LogP contribution in [0.4, 0.5) is 0 Å². The van der Waals surface area contributed by atoms with Crippen LogP contribution in [0.2, 0.25) is 0 Å². The predicted octanol–water partition coefficient (Wildman–Crippen LogP) is 3.30. The number of hydrogen-bond donors (Lipinski definition) is 1. The summed E-state index contributed by atoms with van der Waals surface area (Å²) in [5.41, 5.74) is 2.40. The van der Waals surface area contributed by atoms with E-state index in [1.807, 2.05) is 53.3 Å². The Morgan fingerprint density at radius 3 is 3.04 bits per heavy atom. The van der Waals surface area contributed by atoms with E-state index in [9.17, 15) is 4.79 Å². The lowest BCUT2D eigenvalue weighted by atomic mass is 10.0. The minimum Gasteiger partial charge on any atom is -0.497 e. The Morgan fingerprint density at radius 2 is 2.26 bits per heavy atom. The quantitative estimate of drug-likeness (QED) is 0.819. The van der Waals surface area contributed by atoms with Crippen LogP contribution >= 0.6 is 0 Å². The van der Waals surface area contributed by atoms with E-state index in [0.717, 1.165) is 22.7 Å². The summed E-state index contributed by atoms with van der Waals surface area (Å²) in [5.74, 6) is 1.59. The first-order valence-corrected chi connectivity index (χ1v) is 8.91. The molecular formula is C21H24N4O2. The summed E-state index contributed by atoms with van der Waals surface area (Å²) < 4.78 is 7.17. The molecule has 1 heterocycles. The van der Waals surface area contributed by atoms with Gasteiger partial charge >= 0.3 is 0 Å². The molecule has 6 heteroatoms. The highest BCUT2D eigenvalue weighted by molar-refractivity contribution is 6.22. The number of aryl methyl sites for hydroxylation is 1. The molecule has 6 nitrogen and oxygen atoms in total. The third kappa shape index (κ3) is 4.53. The number of hydrogen-bond acceptors (Lipinski definition) is 4. The number of carbonyl (C=O) groups is 1. The summed E-state index contributed by atoms with van der Waals surface area (Å²) in [6.07, 6.45) is 10.4. The molecule has 0 spiro atoms. The van der Waals surface area contributed by atoms with Crippen molar-refractivity contribution >= 4 is 17.2 Å². The molecular weight excluding hydrogens is 340 g/mol. The molecule has 0 unspecified atom stereocenters.